The Morgan fingerprint density at radius 3 is 2.69 bits per heavy atom. The molecule has 1 heterocycles. The number of halogens is 1. The summed E-state index contributed by atoms with van der Waals surface area (Å²) < 4.78 is 5.42. The summed E-state index contributed by atoms with van der Waals surface area (Å²) in [5, 5.41) is 16.4. The summed E-state index contributed by atoms with van der Waals surface area (Å²) in [5.74, 6) is 0.413. The first-order chi connectivity index (χ1) is 7.69. The molecule has 1 aromatic rings. The highest BCUT2D eigenvalue weighted by molar-refractivity contribution is 6.20. The maximum Gasteiger partial charge on any atom is 0.318 e. The molecule has 0 saturated carbocycles. The lowest BCUT2D eigenvalue weighted by Gasteiger charge is -2.18. The van der Waals surface area contributed by atoms with Crippen LogP contribution in [0, 0.1) is 0 Å². The third-order valence-electron chi connectivity index (χ3n) is 2.19. The molecule has 0 aromatic carbocycles. The zero-order chi connectivity index (χ0) is 12.0. The molecule has 0 aliphatic carbocycles. The van der Waals surface area contributed by atoms with E-state index in [0.717, 1.165) is 19.4 Å². The van der Waals surface area contributed by atoms with Gasteiger partial charge in [-0.2, -0.15) is 0 Å². The zero-order valence-corrected chi connectivity index (χ0v) is 10.4. The Hall–Kier alpha value is -0.810. The second kappa shape index (κ2) is 6.70. The topological polar surface area (TPSA) is 62.4 Å². The molecule has 0 amide bonds. The number of rotatable bonds is 7. The van der Waals surface area contributed by atoms with Gasteiger partial charge in [0.25, 0.3) is 0 Å². The van der Waals surface area contributed by atoms with E-state index in [2.05, 4.69) is 17.1 Å². The summed E-state index contributed by atoms with van der Waals surface area (Å²) in [6.45, 7) is 5.25. The lowest BCUT2D eigenvalue weighted by molar-refractivity contribution is 0.298. The molecular formula is C10H18ClN3O2. The van der Waals surface area contributed by atoms with Crippen molar-refractivity contribution < 1.29 is 9.52 Å². The van der Waals surface area contributed by atoms with E-state index >= 15 is 0 Å². The number of unbranched alkanes of at least 4 members (excludes halogenated alkanes) is 1. The minimum absolute atomic E-state index is 0.0673. The van der Waals surface area contributed by atoms with Gasteiger partial charge in [0.1, 0.15) is 5.38 Å². The van der Waals surface area contributed by atoms with Gasteiger partial charge in [0.2, 0.25) is 5.89 Å². The molecule has 1 unspecified atom stereocenters. The molecule has 1 aromatic heterocycles. The van der Waals surface area contributed by atoms with Crippen LogP contribution in [0.3, 0.4) is 0 Å². The minimum Gasteiger partial charge on any atom is -0.406 e. The number of alkyl halides is 1. The summed E-state index contributed by atoms with van der Waals surface area (Å²) in [5.41, 5.74) is 0. The van der Waals surface area contributed by atoms with E-state index in [9.17, 15) is 0 Å². The summed E-state index contributed by atoms with van der Waals surface area (Å²) in [7, 11) is 0. The summed E-state index contributed by atoms with van der Waals surface area (Å²) in [4.78, 5) is 1.87. The van der Waals surface area contributed by atoms with Gasteiger partial charge in [-0.25, -0.2) is 0 Å². The molecule has 0 bridgehead atoms. The molecule has 0 radical (unpaired) electrons. The Bertz CT molecular complexity index is 304. The molecule has 0 saturated heterocycles. The van der Waals surface area contributed by atoms with Crippen LogP contribution < -0.4 is 4.90 Å². The van der Waals surface area contributed by atoms with E-state index in [4.69, 9.17) is 21.1 Å². The first-order valence-corrected chi connectivity index (χ1v) is 5.96. The number of nitrogens with zero attached hydrogens (tertiary/aromatic N) is 3. The third kappa shape index (κ3) is 3.64. The van der Waals surface area contributed by atoms with Gasteiger partial charge >= 0.3 is 6.01 Å². The van der Waals surface area contributed by atoms with Gasteiger partial charge in [0, 0.05) is 13.1 Å². The van der Waals surface area contributed by atoms with Crippen molar-refractivity contribution in [1.82, 2.24) is 10.2 Å². The molecule has 0 fully saturated rings. The lowest BCUT2D eigenvalue weighted by Crippen LogP contribution is -2.28. The fourth-order valence-electron chi connectivity index (χ4n) is 1.29. The highest BCUT2D eigenvalue weighted by Crippen LogP contribution is 2.21. The van der Waals surface area contributed by atoms with Gasteiger partial charge in [-0.15, -0.1) is 16.7 Å². The molecule has 1 N–H and O–H groups in total. The van der Waals surface area contributed by atoms with Crippen molar-refractivity contribution in [2.24, 2.45) is 0 Å². The van der Waals surface area contributed by atoms with Crippen LogP contribution in [0.15, 0.2) is 4.42 Å². The fourth-order valence-corrected chi connectivity index (χ4v) is 1.38. The fraction of sp³-hybridized carbons (Fsp3) is 0.800. The van der Waals surface area contributed by atoms with Crippen LogP contribution in [-0.4, -0.2) is 35.0 Å². The number of anilines is 1. The minimum atomic E-state index is -0.289. The van der Waals surface area contributed by atoms with E-state index in [-0.39, 0.29) is 12.0 Å². The maximum absolute atomic E-state index is 8.96. The van der Waals surface area contributed by atoms with Crippen LogP contribution in [0.2, 0.25) is 0 Å². The molecule has 16 heavy (non-hydrogen) atoms. The predicted octanol–water partition coefficient (Wildman–Crippen LogP) is 1.97. The maximum atomic E-state index is 8.96. The predicted molar refractivity (Wildman–Crippen MR) is 62.8 cm³/mol. The normalized spacial score (nSPS) is 12.8. The first kappa shape index (κ1) is 13.3. The van der Waals surface area contributed by atoms with Crippen molar-refractivity contribution in [1.29, 1.82) is 0 Å². The SMILES string of the molecule is CCCCN(CCO)c1nnc(C(C)Cl)o1. The Morgan fingerprint density at radius 2 is 2.19 bits per heavy atom. The van der Waals surface area contributed by atoms with Crippen LogP contribution in [-0.2, 0) is 0 Å². The van der Waals surface area contributed by atoms with Gasteiger partial charge in [0.05, 0.1) is 6.61 Å². The molecule has 0 aliphatic rings. The zero-order valence-electron chi connectivity index (χ0n) is 9.69. The van der Waals surface area contributed by atoms with Crippen molar-refractivity contribution >= 4 is 17.6 Å². The van der Waals surface area contributed by atoms with Crippen LogP contribution in [0.1, 0.15) is 38.0 Å². The second-order valence-corrected chi connectivity index (χ2v) is 4.26. The summed E-state index contributed by atoms with van der Waals surface area (Å²) in [6.07, 6.45) is 2.10. The third-order valence-corrected chi connectivity index (χ3v) is 2.38. The van der Waals surface area contributed by atoms with Crippen LogP contribution >= 0.6 is 11.6 Å². The first-order valence-electron chi connectivity index (χ1n) is 5.52. The van der Waals surface area contributed by atoms with Crippen LogP contribution in [0.25, 0.3) is 0 Å². The van der Waals surface area contributed by atoms with Gasteiger partial charge in [0.15, 0.2) is 0 Å². The molecular weight excluding hydrogens is 230 g/mol. The highest BCUT2D eigenvalue weighted by atomic mass is 35.5. The smallest absolute Gasteiger partial charge is 0.318 e. The number of aromatic nitrogens is 2. The second-order valence-electron chi connectivity index (χ2n) is 3.60. The van der Waals surface area contributed by atoms with Crippen LogP contribution in [0.4, 0.5) is 6.01 Å². The van der Waals surface area contributed by atoms with Gasteiger partial charge < -0.3 is 14.4 Å². The van der Waals surface area contributed by atoms with Gasteiger partial charge in [-0.1, -0.05) is 18.4 Å². The average molecular weight is 248 g/mol. The Morgan fingerprint density at radius 1 is 1.44 bits per heavy atom. The quantitative estimate of drug-likeness (QED) is 0.747. The van der Waals surface area contributed by atoms with E-state index in [1.165, 1.54) is 0 Å². The monoisotopic (exact) mass is 247 g/mol. The number of aliphatic hydroxyl groups excluding tert-OH is 1. The average Bonchev–Trinajstić information content (AvgIpc) is 2.73. The molecule has 0 spiro atoms. The molecule has 92 valence electrons. The summed E-state index contributed by atoms with van der Waals surface area (Å²) in [6, 6.07) is 0.435. The Kier molecular flexibility index (Phi) is 5.55. The van der Waals surface area contributed by atoms with Crippen LogP contribution in [0.5, 0.6) is 0 Å². The van der Waals surface area contributed by atoms with E-state index in [1.54, 1.807) is 6.92 Å². The van der Waals surface area contributed by atoms with Gasteiger partial charge in [-0.05, 0) is 13.3 Å². The lowest BCUT2D eigenvalue weighted by atomic mass is 10.3. The molecule has 1 atom stereocenters. The Labute approximate surface area is 100 Å². The number of aliphatic hydroxyl groups is 1. The van der Waals surface area contributed by atoms with Crippen molar-refractivity contribution in [2.75, 3.05) is 24.6 Å². The van der Waals surface area contributed by atoms with Crippen molar-refractivity contribution in [3.63, 3.8) is 0 Å². The van der Waals surface area contributed by atoms with Gasteiger partial charge in [-0.3, -0.25) is 0 Å². The van der Waals surface area contributed by atoms with E-state index in [1.807, 2.05) is 4.90 Å². The molecule has 5 nitrogen and oxygen atoms in total. The number of hydrogen-bond donors (Lipinski definition) is 1. The molecule has 0 aliphatic heterocycles. The van der Waals surface area contributed by atoms with Crippen molar-refractivity contribution in [3.05, 3.63) is 5.89 Å². The molecule has 6 heteroatoms. The van der Waals surface area contributed by atoms with E-state index < -0.39 is 0 Å². The Balaban J connectivity index is 2.67. The highest BCUT2D eigenvalue weighted by Gasteiger charge is 2.16. The standard InChI is InChI=1S/C10H18ClN3O2/c1-3-4-5-14(6-7-15)10-13-12-9(16-10)8(2)11/h8,15H,3-7H2,1-2H3. The van der Waals surface area contributed by atoms with Crippen molar-refractivity contribution in [3.8, 4) is 0 Å². The van der Waals surface area contributed by atoms with E-state index in [0.29, 0.717) is 18.5 Å². The summed E-state index contributed by atoms with van der Waals surface area (Å²) >= 11 is 5.84. The largest absolute Gasteiger partial charge is 0.406 e. The molecule has 1 rings (SSSR count). The van der Waals surface area contributed by atoms with Crippen molar-refractivity contribution in [2.45, 2.75) is 32.1 Å². The number of hydrogen-bond acceptors (Lipinski definition) is 5.